The largest absolute Gasteiger partial charge is 0.343 e. The molecule has 1 saturated carbocycles. The molecule has 0 aromatic heterocycles. The number of hydrogen-bond donors (Lipinski definition) is 1. The van der Waals surface area contributed by atoms with Gasteiger partial charge in [-0.3, -0.25) is 4.79 Å². The number of rotatable bonds is 5. The molecule has 17 heavy (non-hydrogen) atoms. The second-order valence-electron chi connectivity index (χ2n) is 5.39. The first-order chi connectivity index (χ1) is 8.10. The molecule has 0 saturated heterocycles. The predicted molar refractivity (Wildman–Crippen MR) is 71.7 cm³/mol. The van der Waals surface area contributed by atoms with Crippen molar-refractivity contribution in [3.63, 3.8) is 0 Å². The lowest BCUT2D eigenvalue weighted by Crippen LogP contribution is -2.41. The van der Waals surface area contributed by atoms with Gasteiger partial charge in [0.15, 0.2) is 0 Å². The van der Waals surface area contributed by atoms with Crippen LogP contribution < -0.4 is 5.73 Å². The maximum atomic E-state index is 12.2. The zero-order valence-corrected chi connectivity index (χ0v) is 11.6. The van der Waals surface area contributed by atoms with Crippen LogP contribution in [0.2, 0.25) is 0 Å². The van der Waals surface area contributed by atoms with E-state index in [9.17, 15) is 4.79 Å². The number of nitrogens with zero attached hydrogens (tertiary/aromatic N) is 1. The molecule has 3 nitrogen and oxygen atoms in total. The highest BCUT2D eigenvalue weighted by Crippen LogP contribution is 2.26. The fourth-order valence-electron chi connectivity index (χ4n) is 2.90. The Hall–Kier alpha value is -0.570. The Morgan fingerprint density at radius 1 is 1.29 bits per heavy atom. The van der Waals surface area contributed by atoms with Gasteiger partial charge in [0.1, 0.15) is 0 Å². The molecule has 0 heterocycles. The van der Waals surface area contributed by atoms with Crippen LogP contribution >= 0.6 is 0 Å². The van der Waals surface area contributed by atoms with E-state index in [4.69, 9.17) is 5.73 Å². The molecule has 0 bridgehead atoms. The second kappa shape index (κ2) is 7.00. The third-order valence-corrected chi connectivity index (χ3v) is 4.29. The van der Waals surface area contributed by atoms with Crippen molar-refractivity contribution in [3.8, 4) is 0 Å². The van der Waals surface area contributed by atoms with Gasteiger partial charge in [-0.1, -0.05) is 26.7 Å². The average molecular weight is 240 g/mol. The zero-order chi connectivity index (χ0) is 12.8. The molecule has 3 heteroatoms. The van der Waals surface area contributed by atoms with Gasteiger partial charge in [0, 0.05) is 25.6 Å². The predicted octanol–water partition coefficient (Wildman–Crippen LogP) is 2.54. The lowest BCUT2D eigenvalue weighted by atomic mass is 9.82. The van der Waals surface area contributed by atoms with Crippen molar-refractivity contribution in [1.82, 2.24) is 4.90 Å². The summed E-state index contributed by atoms with van der Waals surface area (Å²) in [5.74, 6) is 0.689. The van der Waals surface area contributed by atoms with E-state index in [1.165, 1.54) is 12.8 Å². The van der Waals surface area contributed by atoms with E-state index in [0.29, 0.717) is 18.4 Å². The Morgan fingerprint density at radius 3 is 2.41 bits per heavy atom. The Kier molecular flexibility index (Phi) is 5.96. The highest BCUT2D eigenvalue weighted by atomic mass is 16.2. The van der Waals surface area contributed by atoms with Gasteiger partial charge in [-0.15, -0.1) is 0 Å². The molecular formula is C14H28N2O. The van der Waals surface area contributed by atoms with Crippen LogP contribution in [0.4, 0.5) is 0 Å². The summed E-state index contributed by atoms with van der Waals surface area (Å²) >= 11 is 0. The summed E-state index contributed by atoms with van der Waals surface area (Å²) < 4.78 is 0. The van der Waals surface area contributed by atoms with Gasteiger partial charge in [0.05, 0.1) is 0 Å². The molecule has 0 aliphatic heterocycles. The van der Waals surface area contributed by atoms with E-state index < -0.39 is 0 Å². The van der Waals surface area contributed by atoms with Gasteiger partial charge in [0.25, 0.3) is 0 Å². The summed E-state index contributed by atoms with van der Waals surface area (Å²) in [6.07, 6.45) is 7.41. The monoisotopic (exact) mass is 240 g/mol. The normalized spacial score (nSPS) is 25.0. The lowest BCUT2D eigenvalue weighted by Gasteiger charge is -2.32. The summed E-state index contributed by atoms with van der Waals surface area (Å²) in [6, 6.07) is 0.630. The van der Waals surface area contributed by atoms with Gasteiger partial charge >= 0.3 is 0 Å². The Balaban J connectivity index is 2.46. The Bertz CT molecular complexity index is 238. The smallest absolute Gasteiger partial charge is 0.222 e. The van der Waals surface area contributed by atoms with Crippen LogP contribution in [-0.2, 0) is 4.79 Å². The number of hydrogen-bond acceptors (Lipinski definition) is 2. The first-order valence-corrected chi connectivity index (χ1v) is 7.11. The summed E-state index contributed by atoms with van der Waals surface area (Å²) in [5.41, 5.74) is 6.10. The van der Waals surface area contributed by atoms with Crippen LogP contribution in [-0.4, -0.2) is 29.9 Å². The van der Waals surface area contributed by atoms with Crippen molar-refractivity contribution in [2.24, 2.45) is 11.7 Å². The molecule has 0 radical (unpaired) electrons. The minimum Gasteiger partial charge on any atom is -0.343 e. The van der Waals surface area contributed by atoms with E-state index in [1.54, 1.807) is 0 Å². The van der Waals surface area contributed by atoms with E-state index in [0.717, 1.165) is 25.7 Å². The van der Waals surface area contributed by atoms with Crippen LogP contribution in [0.3, 0.4) is 0 Å². The first-order valence-electron chi connectivity index (χ1n) is 7.11. The average Bonchev–Trinajstić information content (AvgIpc) is 2.33. The third-order valence-electron chi connectivity index (χ3n) is 4.29. The molecule has 0 aromatic carbocycles. The van der Waals surface area contributed by atoms with Crippen LogP contribution in [0, 0.1) is 5.92 Å². The fourth-order valence-corrected chi connectivity index (χ4v) is 2.90. The molecule has 2 unspecified atom stereocenters. The molecule has 1 rings (SSSR count). The quantitative estimate of drug-likeness (QED) is 0.802. The maximum Gasteiger partial charge on any atom is 0.222 e. The molecule has 2 N–H and O–H groups in total. The molecule has 1 aliphatic carbocycles. The van der Waals surface area contributed by atoms with E-state index in [1.807, 2.05) is 11.9 Å². The van der Waals surface area contributed by atoms with Crippen LogP contribution in [0.1, 0.15) is 58.8 Å². The first kappa shape index (κ1) is 14.5. The molecule has 0 aromatic rings. The van der Waals surface area contributed by atoms with Crippen molar-refractivity contribution in [2.45, 2.75) is 70.9 Å². The highest BCUT2D eigenvalue weighted by Gasteiger charge is 2.26. The SMILES string of the molecule is CCC(CC)N(C)C(=O)CC1CCCCC1N. The van der Waals surface area contributed by atoms with Gasteiger partial charge in [0.2, 0.25) is 5.91 Å². The summed E-state index contributed by atoms with van der Waals surface area (Å²) in [5, 5.41) is 0. The Labute approximate surface area is 106 Å². The molecule has 1 fully saturated rings. The van der Waals surface area contributed by atoms with E-state index in [2.05, 4.69) is 13.8 Å². The number of carbonyl (C=O) groups excluding carboxylic acids is 1. The summed E-state index contributed by atoms with van der Waals surface area (Å²) in [6.45, 7) is 4.29. The van der Waals surface area contributed by atoms with Crippen molar-refractivity contribution in [1.29, 1.82) is 0 Å². The molecule has 0 spiro atoms. The zero-order valence-electron chi connectivity index (χ0n) is 11.6. The van der Waals surface area contributed by atoms with Crippen molar-refractivity contribution in [3.05, 3.63) is 0 Å². The lowest BCUT2D eigenvalue weighted by molar-refractivity contribution is -0.133. The molecule has 100 valence electrons. The van der Waals surface area contributed by atoms with Gasteiger partial charge < -0.3 is 10.6 Å². The molecule has 2 atom stereocenters. The van der Waals surface area contributed by atoms with Crippen molar-refractivity contribution < 1.29 is 4.79 Å². The molecule has 1 amide bonds. The molecule has 1 aliphatic rings. The van der Waals surface area contributed by atoms with E-state index in [-0.39, 0.29) is 11.9 Å². The van der Waals surface area contributed by atoms with Gasteiger partial charge in [-0.2, -0.15) is 0 Å². The summed E-state index contributed by atoms with van der Waals surface area (Å²) in [4.78, 5) is 14.1. The molecular weight excluding hydrogens is 212 g/mol. The van der Waals surface area contributed by atoms with Crippen LogP contribution in [0.25, 0.3) is 0 Å². The number of carbonyl (C=O) groups is 1. The summed E-state index contributed by atoms with van der Waals surface area (Å²) in [7, 11) is 1.94. The standard InChI is InChI=1S/C14H28N2O/c1-4-12(5-2)16(3)14(17)10-11-8-6-7-9-13(11)15/h11-13H,4-10,15H2,1-3H3. The fraction of sp³-hybridized carbons (Fsp3) is 0.929. The highest BCUT2D eigenvalue weighted by molar-refractivity contribution is 5.76. The topological polar surface area (TPSA) is 46.3 Å². The number of nitrogens with two attached hydrogens (primary N) is 1. The van der Waals surface area contributed by atoms with Crippen molar-refractivity contribution in [2.75, 3.05) is 7.05 Å². The van der Waals surface area contributed by atoms with Crippen LogP contribution in [0.15, 0.2) is 0 Å². The van der Waals surface area contributed by atoms with Gasteiger partial charge in [-0.05, 0) is 31.6 Å². The third kappa shape index (κ3) is 3.98. The minimum atomic E-state index is 0.239. The van der Waals surface area contributed by atoms with Crippen molar-refractivity contribution >= 4 is 5.91 Å². The Morgan fingerprint density at radius 2 is 1.88 bits per heavy atom. The maximum absolute atomic E-state index is 12.2. The van der Waals surface area contributed by atoms with E-state index >= 15 is 0 Å². The minimum absolute atomic E-state index is 0.239. The second-order valence-corrected chi connectivity index (χ2v) is 5.39. The van der Waals surface area contributed by atoms with Gasteiger partial charge in [-0.25, -0.2) is 0 Å². The van der Waals surface area contributed by atoms with Crippen LogP contribution in [0.5, 0.6) is 0 Å². The number of amides is 1.